The van der Waals surface area contributed by atoms with Gasteiger partial charge in [0.25, 0.3) is 0 Å². The summed E-state index contributed by atoms with van der Waals surface area (Å²) in [6.45, 7) is 7.42. The van der Waals surface area contributed by atoms with Crippen molar-refractivity contribution in [2.75, 3.05) is 45.8 Å². The molecule has 0 saturated heterocycles. The molecule has 0 saturated carbocycles. The van der Waals surface area contributed by atoms with Crippen molar-refractivity contribution in [3.8, 4) is 5.75 Å². The van der Waals surface area contributed by atoms with Crippen molar-refractivity contribution in [1.29, 1.82) is 0 Å². The molecule has 38 heavy (non-hydrogen) atoms. The van der Waals surface area contributed by atoms with Crippen LogP contribution in [-0.2, 0) is 14.8 Å². The molecule has 11 nitrogen and oxygen atoms in total. The summed E-state index contributed by atoms with van der Waals surface area (Å²) >= 11 is 0. The molecule has 202 valence electrons. The largest absolute Gasteiger partial charge is 0.497 e. The van der Waals surface area contributed by atoms with E-state index in [4.69, 9.17) is 13.9 Å². The van der Waals surface area contributed by atoms with E-state index in [0.717, 1.165) is 5.57 Å². The van der Waals surface area contributed by atoms with E-state index in [1.54, 1.807) is 42.3 Å². The zero-order valence-electron chi connectivity index (χ0n) is 21.6. The number of nitrogens with zero attached hydrogens (tertiary/aromatic N) is 4. The quantitative estimate of drug-likeness (QED) is 0.236. The Labute approximate surface area is 222 Å². The lowest BCUT2D eigenvalue weighted by molar-refractivity contribution is 0.234. The van der Waals surface area contributed by atoms with Gasteiger partial charge in [-0.1, -0.05) is 24.8 Å². The standard InChI is InChI=1S/C26H32N6O5S/c1-5-21(7-6-17-35-3)19-29-26-32(16-18-37-26)20(2)24-12-13-27-25(31-24)28-14-15-30-38(33,34)23-10-8-22(36-4)9-11-23/h5-13,16,18,30H,2,14-15,17,19H2,1,3-4H3,(H,27,28,31)/b7-6-,21-5+,29-26?. The van der Waals surface area contributed by atoms with E-state index in [-0.39, 0.29) is 18.0 Å². The number of aromatic nitrogens is 3. The van der Waals surface area contributed by atoms with Crippen LogP contribution < -0.4 is 20.5 Å². The van der Waals surface area contributed by atoms with Gasteiger partial charge >= 0.3 is 5.68 Å². The molecular weight excluding hydrogens is 508 g/mol. The van der Waals surface area contributed by atoms with Gasteiger partial charge in [0.15, 0.2) is 0 Å². The Morgan fingerprint density at radius 3 is 2.71 bits per heavy atom. The van der Waals surface area contributed by atoms with Crippen LogP contribution in [0.2, 0.25) is 0 Å². The highest BCUT2D eigenvalue weighted by molar-refractivity contribution is 7.89. The highest BCUT2D eigenvalue weighted by atomic mass is 32.2. The minimum absolute atomic E-state index is 0.133. The molecule has 2 heterocycles. The van der Waals surface area contributed by atoms with E-state index in [1.165, 1.54) is 25.5 Å². The van der Waals surface area contributed by atoms with Gasteiger partial charge in [-0.25, -0.2) is 28.1 Å². The second-order valence-corrected chi connectivity index (χ2v) is 9.57. The number of oxazole rings is 1. The molecule has 0 radical (unpaired) electrons. The molecule has 3 rings (SSSR count). The average Bonchev–Trinajstić information content (AvgIpc) is 3.41. The van der Waals surface area contributed by atoms with Gasteiger partial charge in [0.2, 0.25) is 16.0 Å². The Morgan fingerprint density at radius 2 is 2.00 bits per heavy atom. The molecule has 0 aliphatic carbocycles. The Hall–Kier alpha value is -4.00. The van der Waals surface area contributed by atoms with Gasteiger partial charge in [0, 0.05) is 32.6 Å². The smallest absolute Gasteiger partial charge is 0.301 e. The second kappa shape index (κ2) is 14.1. The predicted octanol–water partition coefficient (Wildman–Crippen LogP) is 2.84. The number of ether oxygens (including phenoxy) is 2. The SMILES string of the molecule is C=C(c1ccnc(NCCNS(=O)(=O)c2ccc(OC)cc2)n1)n1ccoc1=NCC(/C=C\COC)=C/C. The van der Waals surface area contributed by atoms with E-state index < -0.39 is 10.0 Å². The number of nitrogens with one attached hydrogen (secondary N) is 2. The first-order valence-electron chi connectivity index (χ1n) is 11.8. The molecule has 0 unspecified atom stereocenters. The molecule has 1 aromatic carbocycles. The molecule has 0 aliphatic rings. The third-order valence-electron chi connectivity index (χ3n) is 5.26. The average molecular weight is 541 g/mol. The van der Waals surface area contributed by atoms with Crippen molar-refractivity contribution in [2.24, 2.45) is 4.99 Å². The lowest BCUT2D eigenvalue weighted by atomic mass is 10.2. The lowest BCUT2D eigenvalue weighted by Gasteiger charge is -2.10. The van der Waals surface area contributed by atoms with Gasteiger partial charge in [-0.05, 0) is 42.8 Å². The van der Waals surface area contributed by atoms with Gasteiger partial charge in [-0.2, -0.15) is 0 Å². The molecule has 0 atom stereocenters. The Kier molecular flexibility index (Phi) is 10.6. The van der Waals surface area contributed by atoms with Crippen LogP contribution in [0.25, 0.3) is 5.70 Å². The van der Waals surface area contributed by atoms with E-state index in [9.17, 15) is 8.42 Å². The summed E-state index contributed by atoms with van der Waals surface area (Å²) in [7, 11) is -0.495. The summed E-state index contributed by atoms with van der Waals surface area (Å²) in [6, 6.07) is 7.87. The highest BCUT2D eigenvalue weighted by Crippen LogP contribution is 2.15. The van der Waals surface area contributed by atoms with Crippen LogP contribution in [0.1, 0.15) is 12.6 Å². The van der Waals surface area contributed by atoms with Crippen LogP contribution in [0, 0.1) is 0 Å². The third kappa shape index (κ3) is 8.00. The summed E-state index contributed by atoms with van der Waals surface area (Å²) in [5.41, 5.74) is 2.47. The van der Waals surface area contributed by atoms with Gasteiger partial charge < -0.3 is 19.2 Å². The maximum absolute atomic E-state index is 12.5. The molecular formula is C26H32N6O5S. The summed E-state index contributed by atoms with van der Waals surface area (Å²) in [5.74, 6) is 0.908. The molecule has 0 fully saturated rings. The number of rotatable bonds is 14. The molecule has 12 heteroatoms. The number of hydrogen-bond donors (Lipinski definition) is 2. The van der Waals surface area contributed by atoms with E-state index >= 15 is 0 Å². The zero-order chi connectivity index (χ0) is 27.4. The van der Waals surface area contributed by atoms with Crippen LogP contribution in [0.5, 0.6) is 5.75 Å². The number of sulfonamides is 1. The summed E-state index contributed by atoms with van der Waals surface area (Å²) in [6.07, 6.45) is 10.7. The first-order chi connectivity index (χ1) is 18.4. The minimum atomic E-state index is -3.66. The number of anilines is 1. The van der Waals surface area contributed by atoms with E-state index in [1.807, 2.05) is 25.2 Å². The fourth-order valence-corrected chi connectivity index (χ4v) is 4.24. The monoisotopic (exact) mass is 540 g/mol. The predicted molar refractivity (Wildman–Crippen MR) is 145 cm³/mol. The van der Waals surface area contributed by atoms with Crippen molar-refractivity contribution >= 4 is 21.7 Å². The van der Waals surface area contributed by atoms with Gasteiger partial charge in [-0.15, -0.1) is 0 Å². The van der Waals surface area contributed by atoms with Crippen molar-refractivity contribution in [3.63, 3.8) is 0 Å². The second-order valence-electron chi connectivity index (χ2n) is 7.81. The number of benzene rings is 1. The molecule has 0 bridgehead atoms. The van der Waals surface area contributed by atoms with Crippen molar-refractivity contribution in [1.82, 2.24) is 19.3 Å². The summed E-state index contributed by atoms with van der Waals surface area (Å²) in [5, 5.41) is 3.02. The first-order valence-corrected chi connectivity index (χ1v) is 13.2. The van der Waals surface area contributed by atoms with E-state index in [2.05, 4.69) is 31.6 Å². The molecule has 3 aromatic rings. The van der Waals surface area contributed by atoms with Crippen LogP contribution in [0.15, 0.2) is 93.7 Å². The summed E-state index contributed by atoms with van der Waals surface area (Å²) in [4.78, 5) is 13.4. The molecule has 0 amide bonds. The molecule has 0 aliphatic heterocycles. The molecule has 0 spiro atoms. The third-order valence-corrected chi connectivity index (χ3v) is 6.74. The van der Waals surface area contributed by atoms with Crippen molar-refractivity contribution in [3.05, 3.63) is 90.7 Å². The minimum Gasteiger partial charge on any atom is -0.497 e. The fraction of sp³-hybridized carbons (Fsp3) is 0.269. The topological polar surface area (TPSA) is 133 Å². The maximum Gasteiger partial charge on any atom is 0.301 e. The van der Waals surface area contributed by atoms with Gasteiger partial charge in [-0.3, -0.25) is 4.57 Å². The van der Waals surface area contributed by atoms with E-state index in [0.29, 0.717) is 41.9 Å². The van der Waals surface area contributed by atoms with Crippen molar-refractivity contribution < 1.29 is 22.3 Å². The summed E-state index contributed by atoms with van der Waals surface area (Å²) < 4.78 is 44.8. The Bertz CT molecular complexity index is 1440. The molecule has 2 N–H and O–H groups in total. The number of methoxy groups -OCH3 is 2. The van der Waals surface area contributed by atoms with Crippen LogP contribution in [0.4, 0.5) is 5.95 Å². The number of hydrogen-bond acceptors (Lipinski definition) is 9. The van der Waals surface area contributed by atoms with Crippen LogP contribution in [0.3, 0.4) is 0 Å². The lowest BCUT2D eigenvalue weighted by Crippen LogP contribution is -2.29. The Balaban J connectivity index is 1.61. The van der Waals surface area contributed by atoms with Crippen LogP contribution >= 0.6 is 0 Å². The van der Waals surface area contributed by atoms with Crippen LogP contribution in [-0.4, -0.2) is 63.4 Å². The number of allylic oxidation sites excluding steroid dienone is 1. The van der Waals surface area contributed by atoms with Gasteiger partial charge in [0.05, 0.1) is 36.5 Å². The van der Waals surface area contributed by atoms with Gasteiger partial charge in [0.1, 0.15) is 12.0 Å². The highest BCUT2D eigenvalue weighted by Gasteiger charge is 2.13. The first kappa shape index (κ1) is 28.6. The normalized spacial score (nSPS) is 12.7. The zero-order valence-corrected chi connectivity index (χ0v) is 22.4. The fourth-order valence-electron chi connectivity index (χ4n) is 3.21. The van der Waals surface area contributed by atoms with Crippen molar-refractivity contribution in [2.45, 2.75) is 11.8 Å². The molecule has 2 aromatic heterocycles. The maximum atomic E-state index is 12.5. The Morgan fingerprint density at radius 1 is 1.21 bits per heavy atom.